The minimum Gasteiger partial charge on any atom is -0.480 e. The van der Waals surface area contributed by atoms with Crippen molar-refractivity contribution >= 4 is 17.7 Å². The Morgan fingerprint density at radius 2 is 1.75 bits per heavy atom. The van der Waals surface area contributed by atoms with E-state index in [0.717, 1.165) is 0 Å². The van der Waals surface area contributed by atoms with Gasteiger partial charge in [0.05, 0.1) is 0 Å². The van der Waals surface area contributed by atoms with Crippen molar-refractivity contribution in [2.24, 2.45) is 11.5 Å². The standard InChI is InChI=1S/C5H12N2O2.C4H6O3/c6-3-1-2-4(7)5(8)9;1-2-3(5)4(6)7/h4H,1-3,6-7H2,(H,8,9);2H2,1H3,(H,6,7)/t4-;/m0./s1. The SMILES string of the molecule is CCC(=O)C(=O)O.NCCC[C@H](N)C(=O)O. The van der Waals surface area contributed by atoms with Gasteiger partial charge in [-0.15, -0.1) is 0 Å². The number of hydrogen-bond acceptors (Lipinski definition) is 5. The van der Waals surface area contributed by atoms with Gasteiger partial charge in [0.2, 0.25) is 5.78 Å². The lowest BCUT2D eigenvalue weighted by molar-refractivity contribution is -0.148. The molecule has 1 atom stereocenters. The third kappa shape index (κ3) is 10.6. The molecule has 0 aromatic rings. The fraction of sp³-hybridized carbons (Fsp3) is 0.667. The zero-order chi connectivity index (χ0) is 13.1. The highest BCUT2D eigenvalue weighted by Crippen LogP contribution is 1.91. The van der Waals surface area contributed by atoms with Gasteiger partial charge in [-0.2, -0.15) is 0 Å². The Balaban J connectivity index is 0. The van der Waals surface area contributed by atoms with Crippen molar-refractivity contribution in [1.29, 1.82) is 0 Å². The predicted molar refractivity (Wildman–Crippen MR) is 56.8 cm³/mol. The first-order valence-electron chi connectivity index (χ1n) is 4.81. The zero-order valence-electron chi connectivity index (χ0n) is 9.18. The molecule has 7 nitrogen and oxygen atoms in total. The van der Waals surface area contributed by atoms with Crippen LogP contribution in [0.5, 0.6) is 0 Å². The van der Waals surface area contributed by atoms with Crippen molar-refractivity contribution in [2.45, 2.75) is 32.2 Å². The molecule has 7 heteroatoms. The van der Waals surface area contributed by atoms with Crippen LogP contribution in [-0.4, -0.2) is 40.5 Å². The number of nitrogens with two attached hydrogens (primary N) is 2. The molecule has 0 radical (unpaired) electrons. The van der Waals surface area contributed by atoms with E-state index in [1.165, 1.54) is 6.92 Å². The summed E-state index contributed by atoms with van der Waals surface area (Å²) in [6, 6.07) is -0.742. The summed E-state index contributed by atoms with van der Waals surface area (Å²) in [4.78, 5) is 29.5. The highest BCUT2D eigenvalue weighted by molar-refractivity contribution is 6.32. The van der Waals surface area contributed by atoms with Gasteiger partial charge in [-0.05, 0) is 19.4 Å². The van der Waals surface area contributed by atoms with Gasteiger partial charge in [-0.1, -0.05) is 6.92 Å². The first-order valence-corrected chi connectivity index (χ1v) is 4.81. The van der Waals surface area contributed by atoms with E-state index in [9.17, 15) is 14.4 Å². The Labute approximate surface area is 93.4 Å². The average Bonchev–Trinajstić information content (AvgIpc) is 2.25. The Morgan fingerprint density at radius 3 is 1.94 bits per heavy atom. The first kappa shape index (κ1) is 16.9. The van der Waals surface area contributed by atoms with E-state index in [1.807, 2.05) is 0 Å². The maximum absolute atomic E-state index is 10.0. The molecule has 0 aromatic heterocycles. The summed E-state index contributed by atoms with van der Waals surface area (Å²) in [6.45, 7) is 2.01. The molecular weight excluding hydrogens is 216 g/mol. The predicted octanol–water partition coefficient (Wildman–Crippen LogP) is -0.813. The molecule has 0 aromatic carbocycles. The van der Waals surface area contributed by atoms with Gasteiger partial charge < -0.3 is 21.7 Å². The topological polar surface area (TPSA) is 144 Å². The van der Waals surface area contributed by atoms with E-state index < -0.39 is 23.8 Å². The summed E-state index contributed by atoms with van der Waals surface area (Å²) >= 11 is 0. The molecule has 0 amide bonds. The summed E-state index contributed by atoms with van der Waals surface area (Å²) in [5.41, 5.74) is 10.3. The molecule has 0 aliphatic rings. The second-order valence-corrected chi connectivity index (χ2v) is 2.96. The second-order valence-electron chi connectivity index (χ2n) is 2.96. The summed E-state index contributed by atoms with van der Waals surface area (Å²) in [5, 5.41) is 16.1. The van der Waals surface area contributed by atoms with Crippen LogP contribution in [0.1, 0.15) is 26.2 Å². The zero-order valence-corrected chi connectivity index (χ0v) is 9.18. The smallest absolute Gasteiger partial charge is 0.372 e. The van der Waals surface area contributed by atoms with Gasteiger partial charge >= 0.3 is 11.9 Å². The van der Waals surface area contributed by atoms with Gasteiger partial charge in [0, 0.05) is 6.42 Å². The van der Waals surface area contributed by atoms with Crippen LogP contribution in [0.25, 0.3) is 0 Å². The number of hydrogen-bond donors (Lipinski definition) is 4. The van der Waals surface area contributed by atoms with Gasteiger partial charge in [-0.3, -0.25) is 9.59 Å². The number of ketones is 1. The van der Waals surface area contributed by atoms with Crippen LogP contribution in [0.3, 0.4) is 0 Å². The van der Waals surface area contributed by atoms with E-state index in [4.69, 9.17) is 21.7 Å². The lowest BCUT2D eigenvalue weighted by Crippen LogP contribution is -2.30. The van der Waals surface area contributed by atoms with Crippen molar-refractivity contribution in [2.75, 3.05) is 6.54 Å². The van der Waals surface area contributed by atoms with E-state index in [1.54, 1.807) is 0 Å². The molecule has 0 saturated heterocycles. The summed E-state index contributed by atoms with van der Waals surface area (Å²) in [7, 11) is 0. The lowest BCUT2D eigenvalue weighted by Gasteiger charge is -2.02. The van der Waals surface area contributed by atoms with Crippen LogP contribution in [-0.2, 0) is 14.4 Å². The van der Waals surface area contributed by atoms with E-state index in [0.29, 0.717) is 19.4 Å². The molecule has 0 aliphatic carbocycles. The molecule has 0 heterocycles. The molecule has 16 heavy (non-hydrogen) atoms. The summed E-state index contributed by atoms with van der Waals surface area (Å²) in [5.74, 6) is -3.04. The van der Waals surface area contributed by atoms with E-state index in [2.05, 4.69) is 0 Å². The van der Waals surface area contributed by atoms with Crippen LogP contribution in [0, 0.1) is 0 Å². The van der Waals surface area contributed by atoms with Gasteiger partial charge in [0.1, 0.15) is 6.04 Å². The quantitative estimate of drug-likeness (QED) is 0.440. The van der Waals surface area contributed by atoms with E-state index >= 15 is 0 Å². The van der Waals surface area contributed by atoms with E-state index in [-0.39, 0.29) is 6.42 Å². The highest BCUT2D eigenvalue weighted by Gasteiger charge is 2.08. The second kappa shape index (κ2) is 10.1. The third-order valence-electron chi connectivity index (χ3n) is 1.60. The molecule has 0 rings (SSSR count). The van der Waals surface area contributed by atoms with Crippen molar-refractivity contribution in [3.05, 3.63) is 0 Å². The van der Waals surface area contributed by atoms with Gasteiger partial charge in [0.15, 0.2) is 0 Å². The van der Waals surface area contributed by atoms with Crippen LogP contribution in [0.15, 0.2) is 0 Å². The maximum Gasteiger partial charge on any atom is 0.372 e. The molecule has 0 bridgehead atoms. The minimum atomic E-state index is -1.34. The van der Waals surface area contributed by atoms with Crippen molar-refractivity contribution in [3.63, 3.8) is 0 Å². The number of rotatable bonds is 6. The fourth-order valence-corrected chi connectivity index (χ4v) is 0.612. The number of aliphatic carboxylic acids is 2. The maximum atomic E-state index is 10.0. The lowest BCUT2D eigenvalue weighted by atomic mass is 10.2. The number of carbonyl (C=O) groups is 3. The molecule has 0 fully saturated rings. The number of carboxylic acids is 2. The number of carboxylic acid groups (broad SMARTS) is 2. The van der Waals surface area contributed by atoms with Gasteiger partial charge in [-0.25, -0.2) is 4.79 Å². The van der Waals surface area contributed by atoms with Gasteiger partial charge in [0.25, 0.3) is 0 Å². The third-order valence-corrected chi connectivity index (χ3v) is 1.60. The molecule has 0 unspecified atom stereocenters. The molecule has 0 aliphatic heterocycles. The van der Waals surface area contributed by atoms with Crippen LogP contribution in [0.4, 0.5) is 0 Å². The molecule has 0 saturated carbocycles. The monoisotopic (exact) mass is 234 g/mol. The largest absolute Gasteiger partial charge is 0.480 e. The molecular formula is C9H18N2O5. The Kier molecular flexibility index (Phi) is 10.7. The van der Waals surface area contributed by atoms with Crippen molar-refractivity contribution < 1.29 is 24.6 Å². The molecule has 0 spiro atoms. The average molecular weight is 234 g/mol. The first-order chi connectivity index (χ1) is 7.36. The number of Topliss-reactive ketones (excluding diaryl/α,β-unsaturated/α-hetero) is 1. The number of carbonyl (C=O) groups excluding carboxylic acids is 1. The fourth-order valence-electron chi connectivity index (χ4n) is 0.612. The Bertz CT molecular complexity index is 242. The minimum absolute atomic E-state index is 0.0787. The van der Waals surface area contributed by atoms with Crippen LogP contribution < -0.4 is 11.5 Å². The highest BCUT2D eigenvalue weighted by atomic mass is 16.4. The molecule has 94 valence electrons. The molecule has 6 N–H and O–H groups in total. The summed E-state index contributed by atoms with van der Waals surface area (Å²) < 4.78 is 0. The van der Waals surface area contributed by atoms with Crippen molar-refractivity contribution in [1.82, 2.24) is 0 Å². The van der Waals surface area contributed by atoms with Crippen LogP contribution >= 0.6 is 0 Å². The Hall–Kier alpha value is -1.47. The Morgan fingerprint density at radius 1 is 1.25 bits per heavy atom. The van der Waals surface area contributed by atoms with Crippen LogP contribution in [0.2, 0.25) is 0 Å². The summed E-state index contributed by atoms with van der Waals surface area (Å²) in [6.07, 6.45) is 1.22. The normalized spacial score (nSPS) is 10.9. The van der Waals surface area contributed by atoms with Crippen molar-refractivity contribution in [3.8, 4) is 0 Å².